The molecule has 5 nitrogen and oxygen atoms in total. The van der Waals surface area contributed by atoms with Crippen LogP contribution in [0.1, 0.15) is 5.56 Å². The highest BCUT2D eigenvalue weighted by Crippen LogP contribution is 2.33. The molecular formula is C18H16ClNO4. The Labute approximate surface area is 144 Å². The lowest BCUT2D eigenvalue weighted by Gasteiger charge is -2.39. The van der Waals surface area contributed by atoms with E-state index in [0.717, 1.165) is 11.3 Å². The Bertz CT molecular complexity index is 773. The standard InChI is InChI=1S/C18H16ClNO4/c19-14-3-1-2-4-15(14)24-13-9-20(10-13)18(21)8-12-5-6-16-17(7-12)23-11-22-16/h1-7,13H,8-11H2. The monoisotopic (exact) mass is 345 g/mol. The quantitative estimate of drug-likeness (QED) is 0.855. The summed E-state index contributed by atoms with van der Waals surface area (Å²) in [5, 5.41) is 0.586. The summed E-state index contributed by atoms with van der Waals surface area (Å²) in [6.07, 6.45) is 0.334. The number of ether oxygens (including phenoxy) is 3. The number of fused-ring (bicyclic) bond motifs is 1. The van der Waals surface area contributed by atoms with E-state index in [4.69, 9.17) is 25.8 Å². The van der Waals surface area contributed by atoms with Crippen LogP contribution in [0.15, 0.2) is 42.5 Å². The number of nitrogens with zero attached hydrogens (tertiary/aromatic N) is 1. The van der Waals surface area contributed by atoms with Crippen molar-refractivity contribution in [3.63, 3.8) is 0 Å². The van der Waals surface area contributed by atoms with E-state index in [-0.39, 0.29) is 18.8 Å². The summed E-state index contributed by atoms with van der Waals surface area (Å²) in [4.78, 5) is 14.1. The van der Waals surface area contributed by atoms with Crippen LogP contribution < -0.4 is 14.2 Å². The second-order valence-corrected chi connectivity index (χ2v) is 6.24. The smallest absolute Gasteiger partial charge is 0.231 e. The van der Waals surface area contributed by atoms with Gasteiger partial charge in [0.2, 0.25) is 12.7 Å². The summed E-state index contributed by atoms with van der Waals surface area (Å²) in [7, 11) is 0. The predicted octanol–water partition coefficient (Wildman–Crippen LogP) is 2.90. The van der Waals surface area contributed by atoms with Crippen molar-refractivity contribution in [2.45, 2.75) is 12.5 Å². The summed E-state index contributed by atoms with van der Waals surface area (Å²) < 4.78 is 16.4. The fourth-order valence-corrected chi connectivity index (χ4v) is 2.95. The Morgan fingerprint density at radius 2 is 1.96 bits per heavy atom. The van der Waals surface area contributed by atoms with Crippen LogP contribution in [0.5, 0.6) is 17.2 Å². The molecule has 0 spiro atoms. The lowest BCUT2D eigenvalue weighted by Crippen LogP contribution is -2.56. The number of hydrogen-bond acceptors (Lipinski definition) is 4. The molecule has 2 aromatic rings. The molecule has 0 radical (unpaired) electrons. The molecular weight excluding hydrogens is 330 g/mol. The SMILES string of the molecule is O=C(Cc1ccc2c(c1)OCO2)N1CC(Oc2ccccc2Cl)C1. The van der Waals surface area contributed by atoms with Crippen LogP contribution in [-0.4, -0.2) is 36.8 Å². The molecule has 0 atom stereocenters. The summed E-state index contributed by atoms with van der Waals surface area (Å²) in [5.74, 6) is 2.16. The number of halogens is 1. The third-order valence-electron chi connectivity index (χ3n) is 4.12. The van der Waals surface area contributed by atoms with Gasteiger partial charge in [-0.2, -0.15) is 0 Å². The molecule has 0 aliphatic carbocycles. The van der Waals surface area contributed by atoms with E-state index in [2.05, 4.69) is 0 Å². The number of likely N-dealkylation sites (tertiary alicyclic amines) is 1. The first-order valence-corrected chi connectivity index (χ1v) is 8.14. The molecule has 2 aliphatic rings. The molecule has 24 heavy (non-hydrogen) atoms. The van der Waals surface area contributed by atoms with Crippen LogP contribution >= 0.6 is 11.6 Å². The van der Waals surface area contributed by atoms with Crippen molar-refractivity contribution in [2.24, 2.45) is 0 Å². The first kappa shape index (κ1) is 15.1. The van der Waals surface area contributed by atoms with Crippen molar-refractivity contribution >= 4 is 17.5 Å². The number of carbonyl (C=O) groups excluding carboxylic acids is 1. The number of hydrogen-bond donors (Lipinski definition) is 0. The van der Waals surface area contributed by atoms with Crippen molar-refractivity contribution in [3.8, 4) is 17.2 Å². The topological polar surface area (TPSA) is 48.0 Å². The molecule has 0 saturated carbocycles. The van der Waals surface area contributed by atoms with Crippen molar-refractivity contribution in [1.29, 1.82) is 0 Å². The Kier molecular flexibility index (Phi) is 3.94. The van der Waals surface area contributed by atoms with E-state index >= 15 is 0 Å². The van der Waals surface area contributed by atoms with Crippen molar-refractivity contribution < 1.29 is 19.0 Å². The molecule has 0 aromatic heterocycles. The fourth-order valence-electron chi connectivity index (χ4n) is 2.77. The molecule has 4 rings (SSSR count). The highest BCUT2D eigenvalue weighted by molar-refractivity contribution is 6.32. The Hall–Kier alpha value is -2.40. The lowest BCUT2D eigenvalue weighted by atomic mass is 10.1. The normalized spacial score (nSPS) is 16.0. The minimum absolute atomic E-state index is 0.00870. The molecule has 1 saturated heterocycles. The van der Waals surface area contributed by atoms with Gasteiger partial charge in [-0.25, -0.2) is 0 Å². The van der Waals surface area contributed by atoms with Crippen LogP contribution in [-0.2, 0) is 11.2 Å². The molecule has 0 bridgehead atoms. The van der Waals surface area contributed by atoms with Crippen LogP contribution in [0.25, 0.3) is 0 Å². The summed E-state index contributed by atoms with van der Waals surface area (Å²) >= 11 is 6.07. The van der Waals surface area contributed by atoms with Gasteiger partial charge in [0.1, 0.15) is 11.9 Å². The van der Waals surface area contributed by atoms with Crippen molar-refractivity contribution in [1.82, 2.24) is 4.90 Å². The molecule has 0 N–H and O–H groups in total. The molecule has 2 heterocycles. The van der Waals surface area contributed by atoms with Crippen LogP contribution in [0, 0.1) is 0 Å². The fraction of sp³-hybridized carbons (Fsp3) is 0.278. The molecule has 6 heteroatoms. The average molecular weight is 346 g/mol. The van der Waals surface area contributed by atoms with Gasteiger partial charge in [-0.1, -0.05) is 29.8 Å². The molecule has 1 amide bonds. The predicted molar refractivity (Wildman–Crippen MR) is 88.7 cm³/mol. The zero-order valence-electron chi connectivity index (χ0n) is 12.9. The highest BCUT2D eigenvalue weighted by atomic mass is 35.5. The van der Waals surface area contributed by atoms with E-state index in [1.807, 2.05) is 36.4 Å². The molecule has 2 aromatic carbocycles. The van der Waals surface area contributed by atoms with Gasteiger partial charge in [-0.05, 0) is 29.8 Å². The van der Waals surface area contributed by atoms with Gasteiger partial charge in [-0.15, -0.1) is 0 Å². The van der Waals surface area contributed by atoms with Gasteiger partial charge < -0.3 is 19.1 Å². The van der Waals surface area contributed by atoms with Gasteiger partial charge in [0.05, 0.1) is 24.5 Å². The second kappa shape index (κ2) is 6.24. The number of para-hydroxylation sites is 1. The molecule has 2 aliphatic heterocycles. The van der Waals surface area contributed by atoms with Gasteiger partial charge in [0.25, 0.3) is 0 Å². The Morgan fingerprint density at radius 1 is 1.17 bits per heavy atom. The minimum atomic E-state index is -0.00870. The minimum Gasteiger partial charge on any atom is -0.485 e. The molecule has 124 valence electrons. The first-order valence-electron chi connectivity index (χ1n) is 7.76. The van der Waals surface area contributed by atoms with E-state index < -0.39 is 0 Å². The summed E-state index contributed by atoms with van der Waals surface area (Å²) in [6.45, 7) is 1.39. The highest BCUT2D eigenvalue weighted by Gasteiger charge is 2.32. The third kappa shape index (κ3) is 2.99. The zero-order chi connectivity index (χ0) is 16.5. The van der Waals surface area contributed by atoms with Gasteiger partial charge >= 0.3 is 0 Å². The Morgan fingerprint density at radius 3 is 2.79 bits per heavy atom. The summed E-state index contributed by atoms with van der Waals surface area (Å²) in [5.41, 5.74) is 0.916. The van der Waals surface area contributed by atoms with Crippen LogP contribution in [0.4, 0.5) is 0 Å². The third-order valence-corrected chi connectivity index (χ3v) is 4.44. The van der Waals surface area contributed by atoms with E-state index in [9.17, 15) is 4.79 Å². The van der Waals surface area contributed by atoms with Gasteiger partial charge in [-0.3, -0.25) is 4.79 Å². The Balaban J connectivity index is 1.31. The van der Waals surface area contributed by atoms with E-state index in [1.54, 1.807) is 11.0 Å². The van der Waals surface area contributed by atoms with Crippen LogP contribution in [0.2, 0.25) is 5.02 Å². The first-order chi connectivity index (χ1) is 11.7. The van der Waals surface area contributed by atoms with E-state index in [0.29, 0.717) is 36.0 Å². The molecule has 0 unspecified atom stereocenters. The number of rotatable bonds is 4. The maximum atomic E-state index is 12.3. The maximum Gasteiger partial charge on any atom is 0.231 e. The van der Waals surface area contributed by atoms with Gasteiger partial charge in [0, 0.05) is 0 Å². The molecule has 1 fully saturated rings. The zero-order valence-corrected chi connectivity index (χ0v) is 13.7. The van der Waals surface area contributed by atoms with Crippen molar-refractivity contribution in [3.05, 3.63) is 53.1 Å². The average Bonchev–Trinajstić information content (AvgIpc) is 2.99. The van der Waals surface area contributed by atoms with E-state index in [1.165, 1.54) is 0 Å². The summed E-state index contributed by atoms with van der Waals surface area (Å²) in [6, 6.07) is 12.9. The number of benzene rings is 2. The number of amides is 1. The maximum absolute atomic E-state index is 12.3. The lowest BCUT2D eigenvalue weighted by molar-refractivity contribution is -0.139. The van der Waals surface area contributed by atoms with Crippen LogP contribution in [0.3, 0.4) is 0 Å². The second-order valence-electron chi connectivity index (χ2n) is 5.83. The largest absolute Gasteiger partial charge is 0.485 e. The van der Waals surface area contributed by atoms with Crippen molar-refractivity contribution in [2.75, 3.05) is 19.9 Å². The van der Waals surface area contributed by atoms with Gasteiger partial charge in [0.15, 0.2) is 11.5 Å². The number of carbonyl (C=O) groups is 1.